The number of nitrogens with zero attached hydrogens (tertiary/aromatic N) is 1. The van der Waals surface area contributed by atoms with Crippen LogP contribution in [0.15, 0.2) is 91.0 Å². The monoisotopic (exact) mass is 381 g/mol. The number of halogens is 1. The van der Waals surface area contributed by atoms with E-state index in [1.165, 1.54) is 11.1 Å². The fourth-order valence-electron chi connectivity index (χ4n) is 3.48. The van der Waals surface area contributed by atoms with E-state index >= 15 is 0 Å². The molecular formula is C24H28ClNO. The molecule has 0 aromatic heterocycles. The summed E-state index contributed by atoms with van der Waals surface area (Å²) in [7, 11) is 0. The molecule has 3 heteroatoms. The van der Waals surface area contributed by atoms with E-state index in [1.807, 2.05) is 42.5 Å². The Kier molecular flexibility index (Phi) is 8.53. The highest BCUT2D eigenvalue weighted by molar-refractivity contribution is 5.85. The van der Waals surface area contributed by atoms with Gasteiger partial charge in [0.25, 0.3) is 0 Å². The first-order valence-corrected chi connectivity index (χ1v) is 9.33. The van der Waals surface area contributed by atoms with Gasteiger partial charge in [-0.3, -0.25) is 4.90 Å². The first-order valence-electron chi connectivity index (χ1n) is 9.33. The highest BCUT2D eigenvalue weighted by atomic mass is 35.5. The summed E-state index contributed by atoms with van der Waals surface area (Å²) < 4.78 is 0. The molecule has 0 heterocycles. The minimum absolute atomic E-state index is 0. The largest absolute Gasteiger partial charge is 0.387 e. The van der Waals surface area contributed by atoms with Crippen molar-refractivity contribution in [2.45, 2.75) is 38.6 Å². The maximum atomic E-state index is 11.1. The van der Waals surface area contributed by atoms with Crippen LogP contribution in [0.25, 0.3) is 0 Å². The van der Waals surface area contributed by atoms with E-state index in [-0.39, 0.29) is 18.4 Å². The molecule has 2 atom stereocenters. The molecule has 3 rings (SSSR count). The van der Waals surface area contributed by atoms with Crippen molar-refractivity contribution in [1.29, 1.82) is 0 Å². The van der Waals surface area contributed by atoms with Gasteiger partial charge in [0.15, 0.2) is 0 Å². The molecule has 2 unspecified atom stereocenters. The summed E-state index contributed by atoms with van der Waals surface area (Å²) in [6.45, 7) is 3.79. The van der Waals surface area contributed by atoms with E-state index in [2.05, 4.69) is 60.4 Å². The van der Waals surface area contributed by atoms with E-state index in [1.54, 1.807) is 0 Å². The van der Waals surface area contributed by atoms with Gasteiger partial charge in [0.05, 0.1) is 6.10 Å². The third-order valence-corrected chi connectivity index (χ3v) is 4.85. The number of hydrogen-bond acceptors (Lipinski definition) is 2. The number of rotatable bonds is 8. The third kappa shape index (κ3) is 5.93. The zero-order valence-electron chi connectivity index (χ0n) is 15.7. The lowest BCUT2D eigenvalue weighted by Crippen LogP contribution is -2.38. The summed E-state index contributed by atoms with van der Waals surface area (Å²) in [5.74, 6) is 0. The maximum Gasteiger partial charge on any atom is 0.0945 e. The molecule has 0 fully saturated rings. The molecule has 142 valence electrons. The van der Waals surface area contributed by atoms with Gasteiger partial charge in [-0.25, -0.2) is 0 Å². The van der Waals surface area contributed by atoms with Gasteiger partial charge in [-0.2, -0.15) is 0 Å². The van der Waals surface area contributed by atoms with Crippen LogP contribution in [0.5, 0.6) is 0 Å². The van der Waals surface area contributed by atoms with Gasteiger partial charge in [-0.1, -0.05) is 97.9 Å². The third-order valence-electron chi connectivity index (χ3n) is 4.85. The van der Waals surface area contributed by atoms with E-state index in [9.17, 15) is 5.11 Å². The standard InChI is InChI=1S/C24H27NO.ClH/c1-2-23(24(26)22-16-10-5-11-17-22)25(18-20-12-6-3-7-13-20)19-21-14-8-4-9-15-21;/h3-17,23-24,26H,2,18-19H2,1H3;1H. The van der Waals surface area contributed by atoms with Crippen molar-refractivity contribution in [2.75, 3.05) is 0 Å². The summed E-state index contributed by atoms with van der Waals surface area (Å²) in [5.41, 5.74) is 3.51. The second-order valence-electron chi connectivity index (χ2n) is 6.71. The summed E-state index contributed by atoms with van der Waals surface area (Å²) in [5, 5.41) is 11.1. The molecule has 0 radical (unpaired) electrons. The van der Waals surface area contributed by atoms with Gasteiger partial charge >= 0.3 is 0 Å². The van der Waals surface area contributed by atoms with Crippen molar-refractivity contribution >= 4 is 12.4 Å². The lowest BCUT2D eigenvalue weighted by Gasteiger charge is -2.35. The lowest BCUT2D eigenvalue weighted by molar-refractivity contribution is 0.0360. The van der Waals surface area contributed by atoms with Crippen LogP contribution in [-0.4, -0.2) is 16.0 Å². The summed E-state index contributed by atoms with van der Waals surface area (Å²) in [6.07, 6.45) is 0.379. The predicted molar refractivity (Wildman–Crippen MR) is 115 cm³/mol. The second kappa shape index (κ2) is 10.9. The number of aliphatic hydroxyl groups is 1. The van der Waals surface area contributed by atoms with Crippen LogP contribution in [0.3, 0.4) is 0 Å². The summed E-state index contributed by atoms with van der Waals surface area (Å²) in [6, 6.07) is 31.0. The van der Waals surface area contributed by atoms with Crippen LogP contribution in [0.2, 0.25) is 0 Å². The molecule has 3 aromatic rings. The fourth-order valence-corrected chi connectivity index (χ4v) is 3.48. The average molecular weight is 382 g/mol. The molecule has 0 aliphatic heterocycles. The van der Waals surface area contributed by atoms with Crippen LogP contribution in [0, 0.1) is 0 Å². The predicted octanol–water partition coefficient (Wildman–Crippen LogP) is 5.62. The Labute approximate surface area is 168 Å². The minimum Gasteiger partial charge on any atom is -0.387 e. The Bertz CT molecular complexity index is 723. The van der Waals surface area contributed by atoms with E-state index < -0.39 is 6.10 Å². The molecule has 0 spiro atoms. The average Bonchev–Trinajstić information content (AvgIpc) is 2.70. The molecular weight excluding hydrogens is 354 g/mol. The molecule has 2 nitrogen and oxygen atoms in total. The first kappa shape index (κ1) is 21.2. The molecule has 0 aliphatic rings. The Morgan fingerprint density at radius 1 is 0.704 bits per heavy atom. The van der Waals surface area contributed by atoms with Crippen molar-refractivity contribution < 1.29 is 5.11 Å². The summed E-state index contributed by atoms with van der Waals surface area (Å²) in [4.78, 5) is 2.39. The Balaban J connectivity index is 0.00000261. The minimum atomic E-state index is -0.506. The molecule has 1 N–H and O–H groups in total. The quantitative estimate of drug-likeness (QED) is 0.547. The molecule has 0 bridgehead atoms. The molecule has 0 saturated heterocycles. The maximum absolute atomic E-state index is 11.1. The van der Waals surface area contributed by atoms with Gasteiger partial charge in [0.1, 0.15) is 0 Å². The summed E-state index contributed by atoms with van der Waals surface area (Å²) >= 11 is 0. The van der Waals surface area contributed by atoms with E-state index in [4.69, 9.17) is 0 Å². The van der Waals surface area contributed by atoms with E-state index in [0.29, 0.717) is 0 Å². The first-order chi connectivity index (χ1) is 12.8. The topological polar surface area (TPSA) is 23.5 Å². The van der Waals surface area contributed by atoms with Gasteiger partial charge in [0, 0.05) is 19.1 Å². The van der Waals surface area contributed by atoms with Crippen LogP contribution >= 0.6 is 12.4 Å². The lowest BCUT2D eigenvalue weighted by atomic mass is 9.97. The molecule has 27 heavy (non-hydrogen) atoms. The zero-order valence-corrected chi connectivity index (χ0v) is 16.6. The zero-order chi connectivity index (χ0) is 18.2. The Hall–Kier alpha value is -2.13. The van der Waals surface area contributed by atoms with Crippen LogP contribution < -0.4 is 0 Å². The Morgan fingerprint density at radius 2 is 1.11 bits per heavy atom. The number of hydrogen-bond donors (Lipinski definition) is 1. The van der Waals surface area contributed by atoms with Gasteiger partial charge < -0.3 is 5.11 Å². The van der Waals surface area contributed by atoms with Crippen molar-refractivity contribution in [3.8, 4) is 0 Å². The normalized spacial score (nSPS) is 13.0. The highest BCUT2D eigenvalue weighted by Crippen LogP contribution is 2.26. The van der Waals surface area contributed by atoms with Crippen molar-refractivity contribution in [1.82, 2.24) is 4.90 Å². The fraction of sp³-hybridized carbons (Fsp3) is 0.250. The molecule has 3 aromatic carbocycles. The van der Waals surface area contributed by atoms with Crippen molar-refractivity contribution in [2.24, 2.45) is 0 Å². The Morgan fingerprint density at radius 3 is 1.52 bits per heavy atom. The smallest absolute Gasteiger partial charge is 0.0945 e. The number of benzene rings is 3. The van der Waals surface area contributed by atoms with Crippen LogP contribution in [0.4, 0.5) is 0 Å². The van der Waals surface area contributed by atoms with Crippen LogP contribution in [0.1, 0.15) is 36.1 Å². The molecule has 0 saturated carbocycles. The van der Waals surface area contributed by atoms with E-state index in [0.717, 1.165) is 25.1 Å². The molecule has 0 amide bonds. The van der Waals surface area contributed by atoms with Gasteiger partial charge in [-0.15, -0.1) is 12.4 Å². The number of aliphatic hydroxyl groups excluding tert-OH is 1. The molecule has 0 aliphatic carbocycles. The highest BCUT2D eigenvalue weighted by Gasteiger charge is 2.26. The van der Waals surface area contributed by atoms with Gasteiger partial charge in [0.2, 0.25) is 0 Å². The second-order valence-corrected chi connectivity index (χ2v) is 6.71. The van der Waals surface area contributed by atoms with Crippen LogP contribution in [-0.2, 0) is 13.1 Å². The van der Waals surface area contributed by atoms with Crippen molar-refractivity contribution in [3.05, 3.63) is 108 Å². The van der Waals surface area contributed by atoms with Gasteiger partial charge in [-0.05, 0) is 23.1 Å². The SMILES string of the molecule is CCC(C(O)c1ccccc1)N(Cc1ccccc1)Cc1ccccc1.Cl. The van der Waals surface area contributed by atoms with Crippen molar-refractivity contribution in [3.63, 3.8) is 0 Å².